The van der Waals surface area contributed by atoms with E-state index >= 15 is 0 Å². The molecule has 3 rings (SSSR count). The Bertz CT molecular complexity index is 1110. The number of carbonyl (C=O) groups is 2. The minimum Gasteiger partial charge on any atom is -0.484 e. The van der Waals surface area contributed by atoms with E-state index < -0.39 is 6.04 Å². The zero-order valence-electron chi connectivity index (χ0n) is 19.5. The van der Waals surface area contributed by atoms with E-state index in [1.807, 2.05) is 80.6 Å². The van der Waals surface area contributed by atoms with Crippen LogP contribution in [0.4, 0.5) is 0 Å². The molecule has 3 aromatic carbocycles. The molecule has 0 spiro atoms. The Labute approximate surface area is 214 Å². The third-order valence-corrected chi connectivity index (χ3v) is 6.68. The number of hydrogen-bond donors (Lipinski definition) is 1. The van der Waals surface area contributed by atoms with Gasteiger partial charge in [-0.15, -0.1) is 0 Å². The molecule has 1 atom stereocenters. The summed E-state index contributed by atoms with van der Waals surface area (Å²) in [5, 5.41) is 3.39. The Kier molecular flexibility index (Phi) is 9.13. The maximum absolute atomic E-state index is 13.5. The summed E-state index contributed by atoms with van der Waals surface area (Å²) in [5.41, 5.74) is 3.64. The SMILES string of the molecule is CNC(=O)[C@H](Cc1ccccc1)N(Cc1ccc(Br)cc1)C(=O)COc1cc(C)c(Cl)c(C)c1. The van der Waals surface area contributed by atoms with Crippen LogP contribution in [0.25, 0.3) is 0 Å². The topological polar surface area (TPSA) is 58.6 Å². The molecule has 178 valence electrons. The fourth-order valence-corrected chi connectivity index (χ4v) is 4.10. The second kappa shape index (κ2) is 12.0. The van der Waals surface area contributed by atoms with Crippen molar-refractivity contribution in [1.29, 1.82) is 0 Å². The fourth-order valence-electron chi connectivity index (χ4n) is 3.72. The van der Waals surface area contributed by atoms with Crippen molar-refractivity contribution in [2.75, 3.05) is 13.7 Å². The first-order valence-corrected chi connectivity index (χ1v) is 12.1. The molecular formula is C27H28BrClN2O3. The average molecular weight is 544 g/mol. The fraction of sp³-hybridized carbons (Fsp3) is 0.259. The van der Waals surface area contributed by atoms with Crippen molar-refractivity contribution in [2.45, 2.75) is 32.9 Å². The zero-order valence-corrected chi connectivity index (χ0v) is 21.8. The first-order valence-electron chi connectivity index (χ1n) is 11.0. The van der Waals surface area contributed by atoms with Crippen LogP contribution in [-0.2, 0) is 22.6 Å². The third-order valence-electron chi connectivity index (χ3n) is 5.56. The molecule has 0 radical (unpaired) electrons. The van der Waals surface area contributed by atoms with Gasteiger partial charge in [-0.25, -0.2) is 0 Å². The minimum absolute atomic E-state index is 0.195. The van der Waals surface area contributed by atoms with Gasteiger partial charge in [0, 0.05) is 29.5 Å². The molecule has 0 aromatic heterocycles. The lowest BCUT2D eigenvalue weighted by Gasteiger charge is -2.31. The summed E-state index contributed by atoms with van der Waals surface area (Å²) in [6.45, 7) is 3.87. The van der Waals surface area contributed by atoms with Crippen molar-refractivity contribution in [3.8, 4) is 5.75 Å². The minimum atomic E-state index is -0.694. The first kappa shape index (κ1) is 25.8. The third kappa shape index (κ3) is 6.84. The molecule has 0 fully saturated rings. The summed E-state index contributed by atoms with van der Waals surface area (Å²) in [5.74, 6) is 0.0566. The maximum atomic E-state index is 13.5. The van der Waals surface area contributed by atoms with Crippen LogP contribution in [0.5, 0.6) is 5.75 Å². The van der Waals surface area contributed by atoms with Gasteiger partial charge in [0.05, 0.1) is 0 Å². The molecule has 3 aromatic rings. The number of halogens is 2. The highest BCUT2D eigenvalue weighted by molar-refractivity contribution is 9.10. The number of amides is 2. The van der Waals surface area contributed by atoms with Crippen LogP contribution in [0.2, 0.25) is 5.02 Å². The first-order chi connectivity index (χ1) is 16.3. The zero-order chi connectivity index (χ0) is 24.7. The molecule has 34 heavy (non-hydrogen) atoms. The van der Waals surface area contributed by atoms with E-state index in [-0.39, 0.29) is 25.0 Å². The number of carbonyl (C=O) groups excluding carboxylic acids is 2. The van der Waals surface area contributed by atoms with E-state index in [9.17, 15) is 9.59 Å². The van der Waals surface area contributed by atoms with Crippen molar-refractivity contribution in [3.63, 3.8) is 0 Å². The molecule has 7 heteroatoms. The Hall–Kier alpha value is -2.83. The van der Waals surface area contributed by atoms with Crippen LogP contribution >= 0.6 is 27.5 Å². The van der Waals surface area contributed by atoms with E-state index in [1.54, 1.807) is 11.9 Å². The van der Waals surface area contributed by atoms with Crippen LogP contribution < -0.4 is 10.1 Å². The van der Waals surface area contributed by atoms with E-state index in [1.165, 1.54) is 0 Å². The molecule has 1 N–H and O–H groups in total. The molecule has 5 nitrogen and oxygen atoms in total. The van der Waals surface area contributed by atoms with Crippen LogP contribution in [0, 0.1) is 13.8 Å². The monoisotopic (exact) mass is 542 g/mol. The Morgan fingerprint density at radius 1 is 1.00 bits per heavy atom. The predicted octanol–water partition coefficient (Wildman–Crippen LogP) is 5.48. The molecule has 0 aliphatic heterocycles. The summed E-state index contributed by atoms with van der Waals surface area (Å²) < 4.78 is 6.79. The highest BCUT2D eigenvalue weighted by Gasteiger charge is 2.30. The number of rotatable bonds is 9. The number of ether oxygens (including phenoxy) is 1. The van der Waals surface area contributed by atoms with E-state index in [2.05, 4.69) is 21.2 Å². The van der Waals surface area contributed by atoms with E-state index in [0.717, 1.165) is 26.7 Å². The van der Waals surface area contributed by atoms with Crippen molar-refractivity contribution in [3.05, 3.63) is 98.5 Å². The molecule has 0 heterocycles. The van der Waals surface area contributed by atoms with Crippen molar-refractivity contribution in [1.82, 2.24) is 10.2 Å². The number of likely N-dealkylation sites (N-methyl/N-ethyl adjacent to an activating group) is 1. The highest BCUT2D eigenvalue weighted by atomic mass is 79.9. The van der Waals surface area contributed by atoms with Gasteiger partial charge in [-0.2, -0.15) is 0 Å². The van der Waals surface area contributed by atoms with Gasteiger partial charge in [0.1, 0.15) is 11.8 Å². The average Bonchev–Trinajstić information content (AvgIpc) is 2.84. The van der Waals surface area contributed by atoms with Crippen molar-refractivity contribution in [2.24, 2.45) is 0 Å². The smallest absolute Gasteiger partial charge is 0.261 e. The molecule has 0 saturated heterocycles. The molecule has 2 amide bonds. The lowest BCUT2D eigenvalue weighted by molar-refractivity contribution is -0.142. The van der Waals surface area contributed by atoms with Gasteiger partial charge in [-0.05, 0) is 60.4 Å². The van der Waals surface area contributed by atoms with Gasteiger partial charge in [0.25, 0.3) is 5.91 Å². The summed E-state index contributed by atoms with van der Waals surface area (Å²) >= 11 is 9.70. The van der Waals surface area contributed by atoms with Crippen LogP contribution in [0.15, 0.2) is 71.2 Å². The van der Waals surface area contributed by atoms with E-state index in [0.29, 0.717) is 17.2 Å². The lowest BCUT2D eigenvalue weighted by atomic mass is 10.0. The molecule has 0 aliphatic carbocycles. The van der Waals surface area contributed by atoms with Crippen LogP contribution in [-0.4, -0.2) is 36.4 Å². The van der Waals surface area contributed by atoms with Gasteiger partial charge in [-0.1, -0.05) is 70.0 Å². The Morgan fingerprint density at radius 2 is 1.62 bits per heavy atom. The normalized spacial score (nSPS) is 11.6. The molecule has 0 bridgehead atoms. The van der Waals surface area contributed by atoms with E-state index in [4.69, 9.17) is 16.3 Å². The standard InChI is InChI=1S/C27H28BrClN2O3/c1-18-13-23(14-19(2)26(18)29)34-17-25(32)31(16-21-9-11-22(28)12-10-21)24(27(33)30-3)15-20-7-5-4-6-8-20/h4-14,24H,15-17H2,1-3H3,(H,30,33)/t24-/m0/s1. The van der Waals surface area contributed by atoms with Crippen molar-refractivity contribution < 1.29 is 14.3 Å². The molecule has 0 unspecified atom stereocenters. The number of hydrogen-bond acceptors (Lipinski definition) is 3. The summed E-state index contributed by atoms with van der Waals surface area (Å²) in [6.07, 6.45) is 0.391. The van der Waals surface area contributed by atoms with Crippen molar-refractivity contribution >= 4 is 39.3 Å². The molecule has 0 saturated carbocycles. The summed E-state index contributed by atoms with van der Waals surface area (Å²) in [6, 6.07) is 20.3. The lowest BCUT2D eigenvalue weighted by Crippen LogP contribution is -2.51. The largest absolute Gasteiger partial charge is 0.484 e. The van der Waals surface area contributed by atoms with Gasteiger partial charge in [-0.3, -0.25) is 9.59 Å². The van der Waals surface area contributed by atoms with Crippen LogP contribution in [0.1, 0.15) is 22.3 Å². The molecule has 0 aliphatic rings. The van der Waals surface area contributed by atoms with Gasteiger partial charge >= 0.3 is 0 Å². The second-order valence-electron chi connectivity index (χ2n) is 8.13. The number of nitrogens with one attached hydrogen (secondary N) is 1. The number of nitrogens with zero attached hydrogens (tertiary/aromatic N) is 1. The summed E-state index contributed by atoms with van der Waals surface area (Å²) in [4.78, 5) is 28.0. The van der Waals surface area contributed by atoms with Crippen LogP contribution in [0.3, 0.4) is 0 Å². The predicted molar refractivity (Wildman–Crippen MR) is 139 cm³/mol. The van der Waals surface area contributed by atoms with Gasteiger partial charge in [0.2, 0.25) is 5.91 Å². The summed E-state index contributed by atoms with van der Waals surface area (Å²) in [7, 11) is 1.58. The molecular weight excluding hydrogens is 516 g/mol. The number of benzene rings is 3. The second-order valence-corrected chi connectivity index (χ2v) is 9.42. The Balaban J connectivity index is 1.88. The number of aryl methyl sites for hydroxylation is 2. The Morgan fingerprint density at radius 3 is 2.21 bits per heavy atom. The van der Waals surface area contributed by atoms with Gasteiger partial charge in [0.15, 0.2) is 6.61 Å². The quantitative estimate of drug-likeness (QED) is 0.389. The highest BCUT2D eigenvalue weighted by Crippen LogP contribution is 2.26. The maximum Gasteiger partial charge on any atom is 0.261 e. The van der Waals surface area contributed by atoms with Gasteiger partial charge < -0.3 is 15.0 Å².